The summed E-state index contributed by atoms with van der Waals surface area (Å²) in [5.74, 6) is 0.127. The lowest BCUT2D eigenvalue weighted by Crippen LogP contribution is -2.54. The van der Waals surface area contributed by atoms with Gasteiger partial charge >= 0.3 is 12.1 Å². The van der Waals surface area contributed by atoms with Crippen LogP contribution in [0.25, 0.3) is 0 Å². The summed E-state index contributed by atoms with van der Waals surface area (Å²) < 4.78 is 54.4. The molecular weight excluding hydrogens is 586 g/mol. The molecule has 4 N–H and O–H groups in total. The van der Waals surface area contributed by atoms with Gasteiger partial charge in [-0.25, -0.2) is 14.4 Å². The van der Waals surface area contributed by atoms with Crippen molar-refractivity contribution in [3.63, 3.8) is 0 Å². The first-order valence-corrected chi connectivity index (χ1v) is 14.6. The van der Waals surface area contributed by atoms with E-state index in [1.165, 1.54) is 32.7 Å². The molecule has 2 aromatic rings. The van der Waals surface area contributed by atoms with Crippen molar-refractivity contribution in [1.82, 2.24) is 15.3 Å². The maximum absolute atomic E-state index is 13.2. The molecule has 1 aromatic heterocycles. The lowest BCUT2D eigenvalue weighted by atomic mass is 9.50. The van der Waals surface area contributed by atoms with Crippen LogP contribution in [0.2, 0.25) is 0 Å². The number of ether oxygens (including phenoxy) is 1. The zero-order chi connectivity index (χ0) is 31.8. The van der Waals surface area contributed by atoms with Gasteiger partial charge in [-0.05, 0) is 86.3 Å². The molecule has 0 saturated heterocycles. The molecule has 44 heavy (non-hydrogen) atoms. The number of amides is 2. The van der Waals surface area contributed by atoms with Crippen molar-refractivity contribution in [1.29, 1.82) is 0 Å². The highest BCUT2D eigenvalue weighted by atomic mass is 19.4. The number of rotatable bonds is 8. The summed E-state index contributed by atoms with van der Waals surface area (Å²) in [5, 5.41) is 17.8. The predicted molar refractivity (Wildman–Crippen MR) is 150 cm³/mol. The lowest BCUT2D eigenvalue weighted by Gasteiger charge is -2.56. The van der Waals surface area contributed by atoms with Crippen molar-refractivity contribution in [3.05, 3.63) is 41.5 Å². The Morgan fingerprint density at radius 1 is 1.11 bits per heavy atom. The zero-order valence-corrected chi connectivity index (χ0v) is 24.3. The third kappa shape index (κ3) is 6.29. The van der Waals surface area contributed by atoms with Crippen LogP contribution >= 0.6 is 0 Å². The fourth-order valence-electron chi connectivity index (χ4n) is 7.56. The number of carbonyl (C=O) groups excluding carboxylic acids is 2. The van der Waals surface area contributed by atoms with E-state index in [2.05, 4.69) is 27.5 Å². The number of carboxylic acids is 1. The molecular formula is C30H35F4N5O5. The van der Waals surface area contributed by atoms with Gasteiger partial charge in [-0.3, -0.25) is 14.4 Å². The summed E-state index contributed by atoms with van der Waals surface area (Å²) in [6.45, 7) is 2.24. The van der Waals surface area contributed by atoms with E-state index in [1.54, 1.807) is 0 Å². The number of aliphatic carboxylic acids is 1. The SMILES string of the molecule is COc1ncnc(NC2CC3(C2)CC(C(=O)O)C3)c1C(=O)NC1C(C)C2CC[C@H]1C2.O=CNc1ccc(F)c(C(F)(F)F)c1. The molecule has 10 nitrogen and oxygen atoms in total. The number of carboxylic acid groups (broad SMARTS) is 1. The molecule has 0 aliphatic heterocycles. The molecule has 4 fully saturated rings. The topological polar surface area (TPSA) is 143 Å². The number of benzene rings is 1. The summed E-state index contributed by atoms with van der Waals surface area (Å²) in [4.78, 5) is 42.8. The van der Waals surface area contributed by atoms with E-state index in [0.29, 0.717) is 35.3 Å². The minimum absolute atomic E-state index is 0.103. The van der Waals surface area contributed by atoms with E-state index in [-0.39, 0.29) is 47.3 Å². The molecule has 1 spiro atoms. The van der Waals surface area contributed by atoms with Crippen LogP contribution in [0, 0.1) is 34.9 Å². The fourth-order valence-corrected chi connectivity index (χ4v) is 7.56. The molecule has 6 rings (SSSR count). The molecule has 14 heteroatoms. The summed E-state index contributed by atoms with van der Waals surface area (Å²) in [6.07, 6.45) is 3.87. The second-order valence-electron chi connectivity index (χ2n) is 12.4. The maximum Gasteiger partial charge on any atom is 0.419 e. The quantitative estimate of drug-likeness (QED) is 0.235. The Bertz CT molecular complexity index is 1410. The van der Waals surface area contributed by atoms with E-state index < -0.39 is 23.5 Å². The Kier molecular flexibility index (Phi) is 8.72. The van der Waals surface area contributed by atoms with Crippen LogP contribution in [0.5, 0.6) is 5.88 Å². The van der Waals surface area contributed by atoms with Crippen LogP contribution in [0.15, 0.2) is 24.5 Å². The normalized spacial score (nSPS) is 29.9. The van der Waals surface area contributed by atoms with Crippen molar-refractivity contribution < 1.29 is 41.8 Å². The number of hydrogen-bond acceptors (Lipinski definition) is 7. The molecule has 1 aromatic carbocycles. The second-order valence-corrected chi connectivity index (χ2v) is 12.4. The van der Waals surface area contributed by atoms with Gasteiger partial charge in [0.25, 0.3) is 5.91 Å². The number of carbonyl (C=O) groups is 3. The van der Waals surface area contributed by atoms with Gasteiger partial charge in [-0.2, -0.15) is 13.2 Å². The van der Waals surface area contributed by atoms with Gasteiger partial charge in [-0.15, -0.1) is 0 Å². The molecule has 4 aliphatic rings. The van der Waals surface area contributed by atoms with Gasteiger partial charge in [0.1, 0.15) is 23.5 Å². The number of alkyl halides is 3. The average molecular weight is 622 g/mol. The molecule has 238 valence electrons. The van der Waals surface area contributed by atoms with E-state index in [1.807, 2.05) is 5.32 Å². The zero-order valence-electron chi connectivity index (χ0n) is 24.3. The van der Waals surface area contributed by atoms with E-state index in [4.69, 9.17) is 9.84 Å². The van der Waals surface area contributed by atoms with Crippen LogP contribution in [0.1, 0.15) is 67.8 Å². The first-order valence-electron chi connectivity index (χ1n) is 14.6. The van der Waals surface area contributed by atoms with Gasteiger partial charge in [-0.1, -0.05) is 6.92 Å². The van der Waals surface area contributed by atoms with Gasteiger partial charge in [0.2, 0.25) is 12.3 Å². The minimum atomic E-state index is -4.76. The van der Waals surface area contributed by atoms with Crippen LogP contribution in [-0.4, -0.2) is 52.6 Å². The van der Waals surface area contributed by atoms with Gasteiger partial charge < -0.3 is 25.8 Å². The van der Waals surface area contributed by atoms with Crippen LogP contribution in [-0.2, 0) is 15.8 Å². The van der Waals surface area contributed by atoms with Crippen LogP contribution < -0.4 is 20.7 Å². The number of anilines is 2. The molecule has 4 atom stereocenters. The Labute approximate surface area is 251 Å². The van der Waals surface area contributed by atoms with Gasteiger partial charge in [0.15, 0.2) is 0 Å². The van der Waals surface area contributed by atoms with E-state index in [9.17, 15) is 31.9 Å². The molecule has 2 bridgehead atoms. The van der Waals surface area contributed by atoms with Crippen molar-refractivity contribution in [3.8, 4) is 5.88 Å². The Morgan fingerprint density at radius 3 is 2.41 bits per heavy atom. The monoisotopic (exact) mass is 621 g/mol. The average Bonchev–Trinajstić information content (AvgIpc) is 3.52. The van der Waals surface area contributed by atoms with E-state index in [0.717, 1.165) is 37.7 Å². The first kappa shape index (κ1) is 31.5. The second kappa shape index (κ2) is 12.2. The maximum atomic E-state index is 13.2. The summed E-state index contributed by atoms with van der Waals surface area (Å²) in [5.41, 5.74) is -0.982. The van der Waals surface area contributed by atoms with Crippen molar-refractivity contribution >= 4 is 29.8 Å². The third-order valence-electron chi connectivity index (χ3n) is 9.77. The van der Waals surface area contributed by atoms with Crippen molar-refractivity contribution in [2.75, 3.05) is 17.7 Å². The van der Waals surface area contributed by atoms with Crippen LogP contribution in [0.4, 0.5) is 29.1 Å². The highest BCUT2D eigenvalue weighted by molar-refractivity contribution is 6.01. The Balaban J connectivity index is 0.000000232. The predicted octanol–water partition coefficient (Wildman–Crippen LogP) is 5.12. The van der Waals surface area contributed by atoms with Crippen molar-refractivity contribution in [2.45, 2.75) is 70.1 Å². The van der Waals surface area contributed by atoms with Crippen LogP contribution in [0.3, 0.4) is 0 Å². The molecule has 0 radical (unpaired) electrons. The number of fused-ring (bicyclic) bond motifs is 2. The Morgan fingerprint density at radius 2 is 1.82 bits per heavy atom. The van der Waals surface area contributed by atoms with E-state index >= 15 is 0 Å². The highest BCUT2D eigenvalue weighted by Gasteiger charge is 2.55. The largest absolute Gasteiger partial charge is 0.481 e. The lowest BCUT2D eigenvalue weighted by molar-refractivity contribution is -0.154. The number of nitrogens with zero attached hydrogens (tertiary/aromatic N) is 2. The first-order chi connectivity index (χ1) is 20.8. The van der Waals surface area contributed by atoms with Crippen molar-refractivity contribution in [2.24, 2.45) is 29.1 Å². The summed E-state index contributed by atoms with van der Waals surface area (Å²) in [6, 6.07) is 2.61. The number of nitrogens with one attached hydrogen (secondary N) is 3. The molecule has 3 unspecified atom stereocenters. The van der Waals surface area contributed by atoms with Gasteiger partial charge in [0.05, 0.1) is 18.6 Å². The smallest absolute Gasteiger partial charge is 0.419 e. The fraction of sp³-hybridized carbons (Fsp3) is 0.567. The Hall–Kier alpha value is -3.97. The summed E-state index contributed by atoms with van der Waals surface area (Å²) in [7, 11) is 1.52. The summed E-state index contributed by atoms with van der Waals surface area (Å²) >= 11 is 0. The standard InChI is InChI=1S/C22H30N4O4.C8H5F4NO/c1-11-12-3-4-13(5-12)17(11)26-19(27)16-18(23-10-24-20(16)30-2)25-15-8-22(9-15)6-14(7-22)21(28)29;9-7-2-1-5(13-4-14)3-6(7)8(10,11)12/h10-15,17H,3-9H2,1-2H3,(H,26,27)(H,28,29)(H,23,24,25);1-4H,(H,13,14)/t11?,12?,13-,14?,15?,17?,22?;/m0./s1. The molecule has 4 aliphatic carbocycles. The van der Waals surface area contributed by atoms with Gasteiger partial charge in [0, 0.05) is 17.8 Å². The number of halogens is 4. The molecule has 2 amide bonds. The minimum Gasteiger partial charge on any atom is -0.481 e. The number of aromatic nitrogens is 2. The number of hydrogen-bond donors (Lipinski definition) is 4. The highest BCUT2D eigenvalue weighted by Crippen LogP contribution is 2.59. The third-order valence-corrected chi connectivity index (χ3v) is 9.77. The number of methoxy groups -OCH3 is 1. The molecule has 1 heterocycles. The molecule has 4 saturated carbocycles.